The lowest BCUT2D eigenvalue weighted by Gasteiger charge is -1.77. The Hall–Kier alpha value is -0.520. The van der Waals surface area contributed by atoms with Crippen LogP contribution in [0.1, 0.15) is 34.6 Å². The van der Waals surface area contributed by atoms with Gasteiger partial charge in [0, 0.05) is 0 Å². The Kier molecular flexibility index (Phi) is 13.1. The van der Waals surface area contributed by atoms with Gasteiger partial charge in [-0.15, -0.1) is 0 Å². The summed E-state index contributed by atoms with van der Waals surface area (Å²) in [6.07, 6.45) is 6.14. The molecule has 0 unspecified atom stereocenters. The minimum Gasteiger partial charge on any atom is -0.0877 e. The Morgan fingerprint density at radius 2 is 1.56 bits per heavy atom. The molecule has 0 N–H and O–H groups in total. The van der Waals surface area contributed by atoms with Crippen LogP contribution >= 0.6 is 0 Å². The van der Waals surface area contributed by atoms with Gasteiger partial charge in [0.15, 0.2) is 0 Å². The van der Waals surface area contributed by atoms with Crippen LogP contribution in [0, 0.1) is 0 Å². The van der Waals surface area contributed by atoms with Crippen LogP contribution in [0.4, 0.5) is 0 Å². The summed E-state index contributed by atoms with van der Waals surface area (Å²) in [5.41, 5.74) is 1.35. The van der Waals surface area contributed by atoms with Gasteiger partial charge in [-0.2, -0.15) is 0 Å². The predicted octanol–water partition coefficient (Wildman–Crippen LogP) is 3.55. The largest absolute Gasteiger partial charge is 0.0877 e. The first-order valence-corrected chi connectivity index (χ1v) is 3.53. The molecule has 9 heavy (non-hydrogen) atoms. The molecule has 0 spiro atoms. The van der Waals surface area contributed by atoms with E-state index in [1.165, 1.54) is 5.57 Å². The molecule has 54 valence electrons. The van der Waals surface area contributed by atoms with Gasteiger partial charge < -0.3 is 0 Å². The van der Waals surface area contributed by atoms with Crippen molar-refractivity contribution in [3.63, 3.8) is 0 Å². The fraction of sp³-hybridized carbons (Fsp3) is 0.556. The quantitative estimate of drug-likeness (QED) is 0.471. The molecule has 0 aromatic heterocycles. The maximum Gasteiger partial charge on any atom is -0.0439 e. The molecule has 0 aliphatic heterocycles. The highest BCUT2D eigenvalue weighted by Crippen LogP contribution is 1.87. The summed E-state index contributed by atoms with van der Waals surface area (Å²) in [6, 6.07) is 0. The first-order chi connectivity index (χ1) is 4.27. The molecule has 0 atom stereocenters. The minimum atomic E-state index is 1.35. The third-order valence-corrected chi connectivity index (χ3v) is 0.622. The van der Waals surface area contributed by atoms with Crippen LogP contribution in [0.5, 0.6) is 0 Å². The number of hydrogen-bond acceptors (Lipinski definition) is 0. The van der Waals surface area contributed by atoms with E-state index in [2.05, 4.69) is 19.9 Å². The Morgan fingerprint density at radius 1 is 1.11 bits per heavy atom. The van der Waals surface area contributed by atoms with Gasteiger partial charge in [-0.3, -0.25) is 0 Å². The van der Waals surface area contributed by atoms with Gasteiger partial charge in [0.25, 0.3) is 0 Å². The van der Waals surface area contributed by atoms with Gasteiger partial charge in [-0.1, -0.05) is 37.6 Å². The maximum absolute atomic E-state index is 2.08. The summed E-state index contributed by atoms with van der Waals surface area (Å²) in [6.45, 7) is 10.2. The lowest BCUT2D eigenvalue weighted by Crippen LogP contribution is -1.56. The molecule has 0 aliphatic rings. The molecular formula is C9H18. The van der Waals surface area contributed by atoms with Crippen LogP contribution < -0.4 is 0 Å². The smallest absolute Gasteiger partial charge is 0.0439 e. The monoisotopic (exact) mass is 126 g/mol. The van der Waals surface area contributed by atoms with E-state index < -0.39 is 0 Å². The summed E-state index contributed by atoms with van der Waals surface area (Å²) in [5, 5.41) is 0. The fourth-order valence-electron chi connectivity index (χ4n) is 0.289. The van der Waals surface area contributed by atoms with Crippen LogP contribution in [-0.4, -0.2) is 0 Å². The van der Waals surface area contributed by atoms with E-state index in [1.807, 2.05) is 32.9 Å². The lowest BCUT2D eigenvalue weighted by atomic mass is 10.3. The Balaban J connectivity index is 0. The second kappa shape index (κ2) is 10.5. The third-order valence-electron chi connectivity index (χ3n) is 0.622. The zero-order valence-electron chi connectivity index (χ0n) is 7.23. The molecule has 0 fully saturated rings. The molecule has 0 saturated heterocycles. The summed E-state index contributed by atoms with van der Waals surface area (Å²) in [5.74, 6) is 0. The highest BCUT2D eigenvalue weighted by atomic mass is 13.7. The van der Waals surface area contributed by atoms with E-state index in [0.29, 0.717) is 0 Å². The number of rotatable bonds is 1. The normalized spacial score (nSPS) is 8.11. The van der Waals surface area contributed by atoms with E-state index in [4.69, 9.17) is 0 Å². The second-order valence-corrected chi connectivity index (χ2v) is 1.77. The van der Waals surface area contributed by atoms with Crippen LogP contribution in [0.2, 0.25) is 0 Å². The van der Waals surface area contributed by atoms with Gasteiger partial charge >= 0.3 is 0 Å². The zero-order chi connectivity index (χ0) is 7.70. The van der Waals surface area contributed by atoms with Crippen molar-refractivity contribution >= 4 is 0 Å². The molecule has 0 saturated carbocycles. The molecule has 0 aliphatic carbocycles. The SMILES string of the molecule is C/C=C/C=C(C)C.CC. The van der Waals surface area contributed by atoms with Gasteiger partial charge in [0.2, 0.25) is 0 Å². The summed E-state index contributed by atoms with van der Waals surface area (Å²) >= 11 is 0. The highest BCUT2D eigenvalue weighted by Gasteiger charge is 1.65. The lowest BCUT2D eigenvalue weighted by molar-refractivity contribution is 1.39. The van der Waals surface area contributed by atoms with Gasteiger partial charge in [-0.25, -0.2) is 0 Å². The van der Waals surface area contributed by atoms with Crippen molar-refractivity contribution in [3.8, 4) is 0 Å². The zero-order valence-corrected chi connectivity index (χ0v) is 7.23. The van der Waals surface area contributed by atoms with Crippen LogP contribution in [0.15, 0.2) is 23.8 Å². The fourth-order valence-corrected chi connectivity index (χ4v) is 0.289. The van der Waals surface area contributed by atoms with E-state index in [-0.39, 0.29) is 0 Å². The van der Waals surface area contributed by atoms with Crippen molar-refractivity contribution in [2.24, 2.45) is 0 Å². The standard InChI is InChI=1S/C7H12.C2H6/c1-4-5-6-7(2)3;1-2/h4-6H,1-3H3;1-2H3/b5-4+;. The Morgan fingerprint density at radius 3 is 1.67 bits per heavy atom. The predicted molar refractivity (Wildman–Crippen MR) is 45.6 cm³/mol. The highest BCUT2D eigenvalue weighted by molar-refractivity contribution is 5.06. The number of allylic oxidation sites excluding steroid dienone is 4. The van der Waals surface area contributed by atoms with Crippen LogP contribution in [0.25, 0.3) is 0 Å². The van der Waals surface area contributed by atoms with E-state index in [9.17, 15) is 0 Å². The molecule has 0 heterocycles. The van der Waals surface area contributed by atoms with Crippen molar-refractivity contribution < 1.29 is 0 Å². The molecular weight excluding hydrogens is 108 g/mol. The molecule has 0 aromatic rings. The van der Waals surface area contributed by atoms with Crippen LogP contribution in [-0.2, 0) is 0 Å². The van der Waals surface area contributed by atoms with E-state index in [0.717, 1.165) is 0 Å². The molecule has 0 aromatic carbocycles. The summed E-state index contributed by atoms with van der Waals surface area (Å²) in [7, 11) is 0. The molecule has 0 nitrogen and oxygen atoms in total. The summed E-state index contributed by atoms with van der Waals surface area (Å²) in [4.78, 5) is 0. The Bertz CT molecular complexity index is 82.2. The number of hydrogen-bond donors (Lipinski definition) is 0. The van der Waals surface area contributed by atoms with Crippen molar-refractivity contribution in [2.45, 2.75) is 34.6 Å². The molecule has 0 bridgehead atoms. The second-order valence-electron chi connectivity index (χ2n) is 1.77. The first kappa shape index (κ1) is 11.3. The van der Waals surface area contributed by atoms with Gasteiger partial charge in [0.05, 0.1) is 0 Å². The molecule has 0 rings (SSSR count). The Labute approximate surface area is 59.3 Å². The third kappa shape index (κ3) is 18.5. The van der Waals surface area contributed by atoms with Crippen molar-refractivity contribution in [1.29, 1.82) is 0 Å². The van der Waals surface area contributed by atoms with Gasteiger partial charge in [-0.05, 0) is 20.8 Å². The van der Waals surface area contributed by atoms with Gasteiger partial charge in [0.1, 0.15) is 0 Å². The maximum atomic E-state index is 2.08. The average Bonchev–Trinajstić information content (AvgIpc) is 1.88. The van der Waals surface area contributed by atoms with Crippen LogP contribution in [0.3, 0.4) is 0 Å². The minimum absolute atomic E-state index is 1.35. The average molecular weight is 126 g/mol. The van der Waals surface area contributed by atoms with Crippen molar-refractivity contribution in [3.05, 3.63) is 23.8 Å². The van der Waals surface area contributed by atoms with Crippen molar-refractivity contribution in [2.75, 3.05) is 0 Å². The topological polar surface area (TPSA) is 0 Å². The van der Waals surface area contributed by atoms with E-state index in [1.54, 1.807) is 0 Å². The molecule has 0 amide bonds. The summed E-state index contributed by atoms with van der Waals surface area (Å²) < 4.78 is 0. The first-order valence-electron chi connectivity index (χ1n) is 3.53. The molecule has 0 radical (unpaired) electrons. The van der Waals surface area contributed by atoms with Crippen molar-refractivity contribution in [1.82, 2.24) is 0 Å². The molecule has 0 heteroatoms. The van der Waals surface area contributed by atoms with E-state index >= 15 is 0 Å².